The molecule has 1 aliphatic carbocycles. The van der Waals surface area contributed by atoms with E-state index in [1.54, 1.807) is 48.5 Å². The van der Waals surface area contributed by atoms with Crippen LogP contribution in [-0.4, -0.2) is 20.9 Å². The van der Waals surface area contributed by atoms with Crippen LogP contribution in [0.25, 0.3) is 0 Å². The number of sulfone groups is 1. The van der Waals surface area contributed by atoms with Crippen molar-refractivity contribution in [3.8, 4) is 5.75 Å². The molecule has 7 heteroatoms. The number of nitrogens with one attached hydrogen (secondary N) is 1. The number of ether oxygens (including phenoxy) is 1. The maximum Gasteiger partial charge on any atom is 0.256 e. The second-order valence-corrected chi connectivity index (χ2v) is 11.0. The van der Waals surface area contributed by atoms with Crippen LogP contribution in [0.1, 0.15) is 52.5 Å². The minimum Gasteiger partial charge on any atom is -0.494 e. The predicted molar refractivity (Wildman–Crippen MR) is 128 cm³/mol. The summed E-state index contributed by atoms with van der Waals surface area (Å²) in [5.74, 6) is 0.378. The van der Waals surface area contributed by atoms with Gasteiger partial charge in [0.2, 0.25) is 9.84 Å². The first-order valence-electron chi connectivity index (χ1n) is 10.9. The van der Waals surface area contributed by atoms with E-state index < -0.39 is 9.84 Å². The number of anilines is 1. The van der Waals surface area contributed by atoms with Crippen molar-refractivity contribution in [3.63, 3.8) is 0 Å². The standard InChI is InChI=1S/C25H27NO4S2/c1-3-16-30-19-12-10-18(11-13-19)24(27)26-25-23(21-6-4-5-7-22(21)31-25)32(28,29)20-14-8-17(2)9-15-20/h8-15H,3-7,16H2,1-2H3,(H,26,27). The van der Waals surface area contributed by atoms with Gasteiger partial charge >= 0.3 is 0 Å². The number of carbonyl (C=O) groups excluding carboxylic acids is 1. The van der Waals surface area contributed by atoms with Gasteiger partial charge in [-0.05, 0) is 81.0 Å². The van der Waals surface area contributed by atoms with Gasteiger partial charge in [-0.1, -0.05) is 24.6 Å². The fraction of sp³-hybridized carbons (Fsp3) is 0.320. The number of rotatable bonds is 7. The first-order valence-corrected chi connectivity index (χ1v) is 13.2. The van der Waals surface area contributed by atoms with E-state index in [1.165, 1.54) is 11.3 Å². The highest BCUT2D eigenvalue weighted by atomic mass is 32.2. The van der Waals surface area contributed by atoms with Crippen LogP contribution < -0.4 is 10.1 Å². The van der Waals surface area contributed by atoms with Gasteiger partial charge in [0.05, 0.1) is 11.5 Å². The van der Waals surface area contributed by atoms with Crippen molar-refractivity contribution in [1.29, 1.82) is 0 Å². The first kappa shape index (κ1) is 22.6. The lowest BCUT2D eigenvalue weighted by Crippen LogP contribution is -2.14. The first-order chi connectivity index (χ1) is 15.4. The molecule has 0 saturated carbocycles. The molecule has 5 nitrogen and oxygen atoms in total. The molecule has 0 radical (unpaired) electrons. The Labute approximate surface area is 193 Å². The Morgan fingerprint density at radius 2 is 1.72 bits per heavy atom. The fourth-order valence-electron chi connectivity index (χ4n) is 3.84. The summed E-state index contributed by atoms with van der Waals surface area (Å²) in [6.07, 6.45) is 4.45. The zero-order valence-corrected chi connectivity index (χ0v) is 19.9. The molecule has 0 bridgehead atoms. The quantitative estimate of drug-likeness (QED) is 0.474. The summed E-state index contributed by atoms with van der Waals surface area (Å²) in [6.45, 7) is 4.57. The van der Waals surface area contributed by atoms with E-state index >= 15 is 0 Å². The Hall–Kier alpha value is -2.64. The molecule has 0 atom stereocenters. The smallest absolute Gasteiger partial charge is 0.256 e. The van der Waals surface area contributed by atoms with Crippen LogP contribution in [-0.2, 0) is 22.7 Å². The largest absolute Gasteiger partial charge is 0.494 e. The molecule has 168 valence electrons. The van der Waals surface area contributed by atoms with Crippen LogP contribution >= 0.6 is 11.3 Å². The molecule has 2 aromatic carbocycles. The SMILES string of the molecule is CCCOc1ccc(C(=O)Nc2sc3c(c2S(=O)(=O)c2ccc(C)cc2)CCCC3)cc1. The summed E-state index contributed by atoms with van der Waals surface area (Å²) >= 11 is 1.39. The molecule has 4 rings (SSSR count). The van der Waals surface area contributed by atoms with Gasteiger partial charge in [0.15, 0.2) is 0 Å². The highest BCUT2D eigenvalue weighted by Crippen LogP contribution is 2.43. The van der Waals surface area contributed by atoms with Crippen molar-refractivity contribution in [2.75, 3.05) is 11.9 Å². The van der Waals surface area contributed by atoms with Crippen molar-refractivity contribution in [1.82, 2.24) is 0 Å². The fourth-order valence-corrected chi connectivity index (χ4v) is 7.11. The normalized spacial score (nSPS) is 13.4. The van der Waals surface area contributed by atoms with Gasteiger partial charge in [-0.3, -0.25) is 4.79 Å². The molecule has 1 N–H and O–H groups in total. The maximum absolute atomic E-state index is 13.6. The number of amides is 1. The van der Waals surface area contributed by atoms with Gasteiger partial charge in [-0.15, -0.1) is 11.3 Å². The van der Waals surface area contributed by atoms with Gasteiger partial charge in [-0.2, -0.15) is 0 Å². The molecule has 1 heterocycles. The summed E-state index contributed by atoms with van der Waals surface area (Å²) in [5, 5.41) is 3.30. The number of thiophene rings is 1. The topological polar surface area (TPSA) is 72.5 Å². The summed E-state index contributed by atoms with van der Waals surface area (Å²) in [4.78, 5) is 14.5. The minimum absolute atomic E-state index is 0.252. The third-order valence-electron chi connectivity index (χ3n) is 5.54. The highest BCUT2D eigenvalue weighted by Gasteiger charge is 2.31. The number of hydrogen-bond acceptors (Lipinski definition) is 5. The highest BCUT2D eigenvalue weighted by molar-refractivity contribution is 7.92. The molecule has 0 unspecified atom stereocenters. The Bertz CT molecular complexity index is 1210. The van der Waals surface area contributed by atoms with Gasteiger partial charge in [0.25, 0.3) is 5.91 Å². The van der Waals surface area contributed by atoms with Crippen LogP contribution in [0.5, 0.6) is 5.75 Å². The minimum atomic E-state index is -3.75. The van der Waals surface area contributed by atoms with Crippen molar-refractivity contribution >= 4 is 32.1 Å². The van der Waals surface area contributed by atoms with E-state index in [4.69, 9.17) is 4.74 Å². The van der Waals surface area contributed by atoms with E-state index in [2.05, 4.69) is 5.32 Å². The zero-order chi connectivity index (χ0) is 22.7. The Morgan fingerprint density at radius 1 is 1.03 bits per heavy atom. The van der Waals surface area contributed by atoms with Gasteiger partial charge < -0.3 is 10.1 Å². The molecule has 1 aromatic heterocycles. The Morgan fingerprint density at radius 3 is 2.41 bits per heavy atom. The molecule has 3 aromatic rings. The second-order valence-electron chi connectivity index (χ2n) is 8.01. The summed E-state index contributed by atoms with van der Waals surface area (Å²) in [5.41, 5.74) is 2.32. The average molecular weight is 470 g/mol. The van der Waals surface area contributed by atoms with Crippen molar-refractivity contribution in [2.45, 2.75) is 55.7 Å². The Balaban J connectivity index is 1.68. The molecule has 1 aliphatic rings. The van der Waals surface area contributed by atoms with Crippen LogP contribution in [0.2, 0.25) is 0 Å². The summed E-state index contributed by atoms with van der Waals surface area (Å²) < 4.78 is 32.8. The van der Waals surface area contributed by atoms with E-state index in [9.17, 15) is 13.2 Å². The van der Waals surface area contributed by atoms with Crippen molar-refractivity contribution in [3.05, 3.63) is 70.1 Å². The molecular formula is C25H27NO4S2. The van der Waals surface area contributed by atoms with Crippen LogP contribution in [0, 0.1) is 6.92 Å². The van der Waals surface area contributed by atoms with Gasteiger partial charge in [0.1, 0.15) is 15.6 Å². The van der Waals surface area contributed by atoms with E-state index in [0.29, 0.717) is 29.3 Å². The lowest BCUT2D eigenvalue weighted by atomic mass is 9.99. The molecule has 1 amide bonds. The Kier molecular flexibility index (Phi) is 6.67. The molecule has 0 saturated heterocycles. The van der Waals surface area contributed by atoms with Gasteiger partial charge in [0, 0.05) is 10.4 Å². The van der Waals surface area contributed by atoms with E-state index in [1.807, 2.05) is 13.8 Å². The molecule has 32 heavy (non-hydrogen) atoms. The molecule has 0 spiro atoms. The molecule has 0 aliphatic heterocycles. The number of carbonyl (C=O) groups is 1. The van der Waals surface area contributed by atoms with E-state index in [0.717, 1.165) is 41.7 Å². The molecular weight excluding hydrogens is 442 g/mol. The lowest BCUT2D eigenvalue weighted by molar-refractivity contribution is 0.102. The number of aryl methyl sites for hydroxylation is 2. The monoisotopic (exact) mass is 469 g/mol. The third kappa shape index (κ3) is 4.59. The van der Waals surface area contributed by atoms with Crippen LogP contribution in [0.15, 0.2) is 58.3 Å². The van der Waals surface area contributed by atoms with Crippen LogP contribution in [0.4, 0.5) is 5.00 Å². The molecule has 0 fully saturated rings. The van der Waals surface area contributed by atoms with Crippen molar-refractivity contribution in [2.24, 2.45) is 0 Å². The summed E-state index contributed by atoms with van der Waals surface area (Å²) in [6, 6.07) is 13.8. The zero-order valence-electron chi connectivity index (χ0n) is 18.3. The summed E-state index contributed by atoms with van der Waals surface area (Å²) in [7, 11) is -3.75. The van der Waals surface area contributed by atoms with E-state index in [-0.39, 0.29) is 15.7 Å². The predicted octanol–water partition coefficient (Wildman–Crippen LogP) is 5.81. The third-order valence-corrected chi connectivity index (χ3v) is 8.76. The average Bonchev–Trinajstić information content (AvgIpc) is 3.17. The lowest BCUT2D eigenvalue weighted by Gasteiger charge is -2.14. The number of fused-ring (bicyclic) bond motifs is 1. The maximum atomic E-state index is 13.6. The van der Waals surface area contributed by atoms with Crippen molar-refractivity contribution < 1.29 is 17.9 Å². The number of benzene rings is 2. The second kappa shape index (κ2) is 9.46. The number of hydrogen-bond donors (Lipinski definition) is 1. The van der Waals surface area contributed by atoms with Crippen LogP contribution in [0.3, 0.4) is 0 Å². The van der Waals surface area contributed by atoms with Gasteiger partial charge in [-0.25, -0.2) is 8.42 Å².